The van der Waals surface area contributed by atoms with Gasteiger partial charge in [0.2, 0.25) is 11.8 Å². The summed E-state index contributed by atoms with van der Waals surface area (Å²) in [6, 6.07) is 19.4. The number of aromatic carboxylic acids is 1. The second kappa shape index (κ2) is 11.5. The summed E-state index contributed by atoms with van der Waals surface area (Å²) in [6.07, 6.45) is 1.63. The Morgan fingerprint density at radius 1 is 0.800 bits per heavy atom. The minimum Gasteiger partial charge on any atom is -0.507 e. The van der Waals surface area contributed by atoms with Crippen LogP contribution in [0.5, 0.6) is 5.75 Å². The molecule has 0 spiro atoms. The van der Waals surface area contributed by atoms with Crippen molar-refractivity contribution >= 4 is 46.9 Å². The number of nitrogens with one attached hydrogen (secondary N) is 2. The van der Waals surface area contributed by atoms with Crippen LogP contribution >= 0.6 is 11.8 Å². The number of phenols is 1. The predicted molar refractivity (Wildman–Crippen MR) is 131 cm³/mol. The standard InChI is InChI=1S/C25H20N2O7S/c28-20-11-8-17(14-19(20)25(33)34)27-24(32)23(15-4-2-1-3-5-15)35-18-9-6-16(7-10-18)26-21(29)12-13-22(30)31/h1-14,23,28H,(H,26,29)(H,27,32)(H,30,31)(H,33,34)/b13-12+. The Morgan fingerprint density at radius 3 is 2.09 bits per heavy atom. The number of amides is 2. The monoisotopic (exact) mass is 492 g/mol. The number of aromatic hydroxyl groups is 1. The number of anilines is 2. The van der Waals surface area contributed by atoms with Crippen LogP contribution in [0.2, 0.25) is 0 Å². The summed E-state index contributed by atoms with van der Waals surface area (Å²) in [7, 11) is 0. The molecule has 1 unspecified atom stereocenters. The molecule has 3 rings (SSSR count). The van der Waals surface area contributed by atoms with Crippen molar-refractivity contribution in [2.24, 2.45) is 0 Å². The van der Waals surface area contributed by atoms with Crippen LogP contribution < -0.4 is 10.6 Å². The van der Waals surface area contributed by atoms with Crippen LogP contribution in [0.15, 0.2) is 89.8 Å². The first-order valence-corrected chi connectivity index (χ1v) is 11.0. The fourth-order valence-corrected chi connectivity index (χ4v) is 4.00. The minimum atomic E-state index is -1.32. The molecule has 0 aliphatic rings. The molecule has 10 heteroatoms. The maximum Gasteiger partial charge on any atom is 0.339 e. The molecule has 3 aromatic carbocycles. The van der Waals surface area contributed by atoms with Crippen molar-refractivity contribution in [2.75, 3.05) is 10.6 Å². The summed E-state index contributed by atoms with van der Waals surface area (Å²) in [5, 5.41) is 32.0. The van der Waals surface area contributed by atoms with Crippen LogP contribution in [0.4, 0.5) is 11.4 Å². The lowest BCUT2D eigenvalue weighted by Gasteiger charge is -2.18. The van der Waals surface area contributed by atoms with E-state index in [1.807, 2.05) is 6.07 Å². The van der Waals surface area contributed by atoms with Gasteiger partial charge in [0.1, 0.15) is 16.6 Å². The summed E-state index contributed by atoms with van der Waals surface area (Å²) in [5.74, 6) is -3.96. The van der Waals surface area contributed by atoms with E-state index >= 15 is 0 Å². The number of hydrogen-bond donors (Lipinski definition) is 5. The van der Waals surface area contributed by atoms with E-state index in [-0.39, 0.29) is 11.3 Å². The molecule has 2 amide bonds. The average Bonchev–Trinajstić information content (AvgIpc) is 2.83. The zero-order chi connectivity index (χ0) is 25.4. The second-order valence-corrected chi connectivity index (χ2v) is 8.30. The first-order chi connectivity index (χ1) is 16.7. The van der Waals surface area contributed by atoms with Gasteiger partial charge in [0.25, 0.3) is 0 Å². The Hall–Kier alpha value is -4.57. The number of benzene rings is 3. The molecule has 5 N–H and O–H groups in total. The van der Waals surface area contributed by atoms with E-state index < -0.39 is 34.8 Å². The highest BCUT2D eigenvalue weighted by atomic mass is 32.2. The van der Waals surface area contributed by atoms with E-state index in [0.29, 0.717) is 16.1 Å². The molecule has 0 aliphatic heterocycles. The molecule has 1 atom stereocenters. The number of aliphatic carboxylic acids is 1. The number of hydrogen-bond acceptors (Lipinski definition) is 6. The summed E-state index contributed by atoms with van der Waals surface area (Å²) in [5.41, 5.74) is 1.05. The van der Waals surface area contributed by atoms with Crippen LogP contribution in [0.3, 0.4) is 0 Å². The molecular weight excluding hydrogens is 472 g/mol. The highest BCUT2D eigenvalue weighted by molar-refractivity contribution is 8.00. The fraction of sp³-hybridized carbons (Fsp3) is 0.0400. The third kappa shape index (κ3) is 7.21. The van der Waals surface area contributed by atoms with Crippen LogP contribution in [0.25, 0.3) is 0 Å². The number of thioether (sulfide) groups is 1. The largest absolute Gasteiger partial charge is 0.507 e. The normalized spacial score (nSPS) is 11.5. The Labute approximate surface area is 204 Å². The Bertz CT molecular complexity index is 1270. The van der Waals surface area contributed by atoms with Crippen LogP contribution in [0.1, 0.15) is 21.2 Å². The first kappa shape index (κ1) is 25.1. The quantitative estimate of drug-likeness (QED) is 0.170. The van der Waals surface area contributed by atoms with E-state index in [2.05, 4.69) is 10.6 Å². The number of carboxylic acids is 2. The van der Waals surface area contributed by atoms with Gasteiger partial charge in [-0.15, -0.1) is 11.8 Å². The molecule has 0 radical (unpaired) electrons. The van der Waals surface area contributed by atoms with Crippen LogP contribution in [-0.4, -0.2) is 39.1 Å². The van der Waals surface area contributed by atoms with Gasteiger partial charge in [-0.2, -0.15) is 0 Å². The van der Waals surface area contributed by atoms with Crippen molar-refractivity contribution in [1.82, 2.24) is 0 Å². The molecule has 0 saturated heterocycles. The van der Waals surface area contributed by atoms with Gasteiger partial charge in [0, 0.05) is 28.4 Å². The molecule has 9 nitrogen and oxygen atoms in total. The van der Waals surface area contributed by atoms with Gasteiger partial charge in [-0.25, -0.2) is 9.59 Å². The molecule has 0 bridgehead atoms. The van der Waals surface area contributed by atoms with Gasteiger partial charge >= 0.3 is 11.9 Å². The van der Waals surface area contributed by atoms with E-state index in [1.54, 1.807) is 48.5 Å². The predicted octanol–water partition coefficient (Wildman–Crippen LogP) is 4.14. The molecular formula is C25H20N2O7S. The van der Waals surface area contributed by atoms with Crippen molar-refractivity contribution in [3.8, 4) is 5.75 Å². The van der Waals surface area contributed by atoms with E-state index in [0.717, 1.165) is 12.2 Å². The summed E-state index contributed by atoms with van der Waals surface area (Å²) < 4.78 is 0. The van der Waals surface area contributed by atoms with Crippen molar-refractivity contribution in [1.29, 1.82) is 0 Å². The molecule has 0 fully saturated rings. The van der Waals surface area contributed by atoms with Gasteiger partial charge in [-0.1, -0.05) is 30.3 Å². The summed E-state index contributed by atoms with van der Waals surface area (Å²) in [6.45, 7) is 0. The lowest BCUT2D eigenvalue weighted by molar-refractivity contribution is -0.131. The Kier molecular flexibility index (Phi) is 8.25. The topological polar surface area (TPSA) is 153 Å². The first-order valence-electron chi connectivity index (χ1n) is 10.1. The fourth-order valence-electron chi connectivity index (χ4n) is 2.98. The van der Waals surface area contributed by atoms with Gasteiger partial charge in [0.05, 0.1) is 0 Å². The Balaban J connectivity index is 1.78. The SMILES string of the molecule is O=C(O)/C=C/C(=O)Nc1ccc(SC(C(=O)Nc2ccc(O)c(C(=O)O)c2)c2ccccc2)cc1. The van der Waals surface area contributed by atoms with Crippen molar-refractivity contribution in [3.63, 3.8) is 0 Å². The average molecular weight is 493 g/mol. The molecule has 3 aromatic rings. The Morgan fingerprint density at radius 2 is 1.46 bits per heavy atom. The number of carbonyl (C=O) groups is 4. The van der Waals surface area contributed by atoms with Gasteiger partial charge in [-0.3, -0.25) is 9.59 Å². The number of carboxylic acid groups (broad SMARTS) is 2. The molecule has 178 valence electrons. The molecule has 0 aliphatic carbocycles. The van der Waals surface area contributed by atoms with Gasteiger partial charge in [-0.05, 0) is 48.0 Å². The molecule has 0 aromatic heterocycles. The van der Waals surface area contributed by atoms with Crippen LogP contribution in [-0.2, 0) is 14.4 Å². The maximum absolute atomic E-state index is 13.2. The summed E-state index contributed by atoms with van der Waals surface area (Å²) in [4.78, 5) is 47.4. The van der Waals surface area contributed by atoms with Crippen LogP contribution in [0, 0.1) is 0 Å². The minimum absolute atomic E-state index is 0.221. The van der Waals surface area contributed by atoms with Gasteiger partial charge in [0.15, 0.2) is 0 Å². The third-order valence-corrected chi connectivity index (χ3v) is 5.85. The van der Waals surface area contributed by atoms with E-state index in [9.17, 15) is 29.4 Å². The van der Waals surface area contributed by atoms with Gasteiger partial charge < -0.3 is 26.0 Å². The van der Waals surface area contributed by atoms with Crippen molar-refractivity contribution in [3.05, 3.63) is 96.1 Å². The zero-order valence-corrected chi connectivity index (χ0v) is 18.9. The highest BCUT2D eigenvalue weighted by Gasteiger charge is 2.23. The van der Waals surface area contributed by atoms with Crippen molar-refractivity contribution in [2.45, 2.75) is 10.1 Å². The molecule has 0 saturated carbocycles. The van der Waals surface area contributed by atoms with E-state index in [4.69, 9.17) is 5.11 Å². The zero-order valence-electron chi connectivity index (χ0n) is 18.0. The van der Waals surface area contributed by atoms with E-state index in [1.165, 1.54) is 30.0 Å². The third-order valence-electron chi connectivity index (χ3n) is 4.59. The lowest BCUT2D eigenvalue weighted by atomic mass is 10.1. The van der Waals surface area contributed by atoms with Crippen molar-refractivity contribution < 1.29 is 34.5 Å². The highest BCUT2D eigenvalue weighted by Crippen LogP contribution is 2.37. The number of rotatable bonds is 9. The molecule has 0 heterocycles. The number of carbonyl (C=O) groups excluding carboxylic acids is 2. The second-order valence-electron chi connectivity index (χ2n) is 7.12. The lowest BCUT2D eigenvalue weighted by Crippen LogP contribution is -2.19. The molecule has 35 heavy (non-hydrogen) atoms. The smallest absolute Gasteiger partial charge is 0.339 e. The maximum atomic E-state index is 13.2. The summed E-state index contributed by atoms with van der Waals surface area (Å²) >= 11 is 1.24.